The van der Waals surface area contributed by atoms with Crippen LogP contribution < -0.4 is 0 Å². The highest BCUT2D eigenvalue weighted by molar-refractivity contribution is 5.33. The van der Waals surface area contributed by atoms with Gasteiger partial charge < -0.3 is 0 Å². The van der Waals surface area contributed by atoms with Crippen LogP contribution in [-0.2, 0) is 5.41 Å². The standard InChI is InChI=1S/C25H33FN2/c1-5-17-28(21(4)22-10-7-6-8-11-22)18-9-16-25(19-27,20(2)3)23-12-14-24(26)15-13-23/h6-8,10-15,20-21H,5,9,16-18H2,1-4H3. The third kappa shape index (κ3) is 5.20. The number of halogens is 1. The molecule has 0 fully saturated rings. The third-order valence-corrected chi connectivity index (χ3v) is 5.90. The van der Waals surface area contributed by atoms with Crippen LogP contribution in [0, 0.1) is 23.1 Å². The van der Waals surface area contributed by atoms with Crippen LogP contribution in [0.3, 0.4) is 0 Å². The van der Waals surface area contributed by atoms with Gasteiger partial charge in [0, 0.05) is 6.04 Å². The number of rotatable bonds is 10. The lowest BCUT2D eigenvalue weighted by atomic mass is 9.70. The van der Waals surface area contributed by atoms with E-state index in [0.717, 1.165) is 37.9 Å². The number of nitriles is 1. The Bertz CT molecular complexity index is 748. The van der Waals surface area contributed by atoms with Crippen molar-refractivity contribution in [2.45, 2.75) is 58.4 Å². The molecule has 0 aliphatic rings. The van der Waals surface area contributed by atoms with Crippen molar-refractivity contribution in [2.75, 3.05) is 13.1 Å². The Hall–Kier alpha value is -2.18. The zero-order valence-electron chi connectivity index (χ0n) is 17.7. The molecule has 0 spiro atoms. The fraction of sp³-hybridized carbons (Fsp3) is 0.480. The summed E-state index contributed by atoms with van der Waals surface area (Å²) >= 11 is 0. The van der Waals surface area contributed by atoms with Crippen LogP contribution in [0.25, 0.3) is 0 Å². The van der Waals surface area contributed by atoms with E-state index in [1.54, 1.807) is 12.1 Å². The smallest absolute Gasteiger partial charge is 0.123 e. The summed E-state index contributed by atoms with van der Waals surface area (Å²) in [4.78, 5) is 2.50. The molecule has 0 bridgehead atoms. The molecular weight excluding hydrogens is 347 g/mol. The minimum absolute atomic E-state index is 0.161. The second-order valence-electron chi connectivity index (χ2n) is 7.97. The van der Waals surface area contributed by atoms with Gasteiger partial charge in [0.15, 0.2) is 0 Å². The van der Waals surface area contributed by atoms with Crippen molar-refractivity contribution in [2.24, 2.45) is 5.92 Å². The normalized spacial score (nSPS) is 14.6. The summed E-state index contributed by atoms with van der Waals surface area (Å²) in [5.74, 6) is -0.0979. The molecule has 0 amide bonds. The molecule has 0 aliphatic carbocycles. The summed E-state index contributed by atoms with van der Waals surface area (Å²) in [5.41, 5.74) is 1.66. The predicted molar refractivity (Wildman–Crippen MR) is 114 cm³/mol. The lowest BCUT2D eigenvalue weighted by Crippen LogP contribution is -2.34. The van der Waals surface area contributed by atoms with Crippen LogP contribution in [0.15, 0.2) is 54.6 Å². The van der Waals surface area contributed by atoms with E-state index in [4.69, 9.17) is 0 Å². The van der Waals surface area contributed by atoms with Gasteiger partial charge in [0.1, 0.15) is 5.82 Å². The van der Waals surface area contributed by atoms with Gasteiger partial charge in [-0.15, -0.1) is 0 Å². The average molecular weight is 381 g/mol. The lowest BCUT2D eigenvalue weighted by Gasteiger charge is -2.34. The third-order valence-electron chi connectivity index (χ3n) is 5.90. The molecule has 2 unspecified atom stereocenters. The molecule has 0 N–H and O–H groups in total. The highest BCUT2D eigenvalue weighted by atomic mass is 19.1. The van der Waals surface area contributed by atoms with Crippen molar-refractivity contribution in [1.29, 1.82) is 5.26 Å². The molecule has 0 aliphatic heterocycles. The Morgan fingerprint density at radius 1 is 1.00 bits per heavy atom. The maximum Gasteiger partial charge on any atom is 0.123 e. The van der Waals surface area contributed by atoms with E-state index < -0.39 is 5.41 Å². The van der Waals surface area contributed by atoms with Crippen molar-refractivity contribution in [3.63, 3.8) is 0 Å². The molecule has 3 heteroatoms. The molecule has 2 aromatic carbocycles. The summed E-state index contributed by atoms with van der Waals surface area (Å²) in [6, 6.07) is 20.0. The highest BCUT2D eigenvalue weighted by Gasteiger charge is 2.35. The van der Waals surface area contributed by atoms with Crippen molar-refractivity contribution in [3.8, 4) is 6.07 Å². The zero-order valence-corrected chi connectivity index (χ0v) is 17.7. The summed E-state index contributed by atoms with van der Waals surface area (Å²) < 4.78 is 13.4. The first kappa shape index (κ1) is 22.1. The van der Waals surface area contributed by atoms with E-state index in [0.29, 0.717) is 6.04 Å². The van der Waals surface area contributed by atoms with Gasteiger partial charge in [-0.2, -0.15) is 5.26 Å². The van der Waals surface area contributed by atoms with Crippen LogP contribution in [0.4, 0.5) is 4.39 Å². The molecule has 2 atom stereocenters. The first-order valence-corrected chi connectivity index (χ1v) is 10.4. The monoisotopic (exact) mass is 380 g/mol. The van der Waals surface area contributed by atoms with Gasteiger partial charge in [0.05, 0.1) is 11.5 Å². The molecule has 28 heavy (non-hydrogen) atoms. The van der Waals surface area contributed by atoms with Gasteiger partial charge >= 0.3 is 0 Å². The van der Waals surface area contributed by atoms with E-state index in [-0.39, 0.29) is 11.7 Å². The van der Waals surface area contributed by atoms with E-state index in [2.05, 4.69) is 62.9 Å². The molecule has 2 rings (SSSR count). The van der Waals surface area contributed by atoms with Crippen molar-refractivity contribution < 1.29 is 4.39 Å². The number of nitrogens with zero attached hydrogens (tertiary/aromatic N) is 2. The highest BCUT2D eigenvalue weighted by Crippen LogP contribution is 2.37. The number of benzene rings is 2. The molecule has 0 radical (unpaired) electrons. The molecule has 2 nitrogen and oxygen atoms in total. The largest absolute Gasteiger partial charge is 0.297 e. The van der Waals surface area contributed by atoms with Crippen LogP contribution in [0.1, 0.15) is 64.1 Å². The van der Waals surface area contributed by atoms with Gasteiger partial charge in [0.2, 0.25) is 0 Å². The predicted octanol–water partition coefficient (Wildman–Crippen LogP) is 6.50. The van der Waals surface area contributed by atoms with E-state index in [1.165, 1.54) is 17.7 Å². The molecule has 0 aromatic heterocycles. The Kier molecular flexibility index (Phi) is 8.20. The van der Waals surface area contributed by atoms with Crippen molar-refractivity contribution >= 4 is 0 Å². The van der Waals surface area contributed by atoms with E-state index in [1.807, 2.05) is 6.07 Å². The molecule has 150 valence electrons. The van der Waals surface area contributed by atoms with Gasteiger partial charge in [-0.1, -0.05) is 63.2 Å². The van der Waals surface area contributed by atoms with Crippen LogP contribution in [0.5, 0.6) is 0 Å². The SMILES string of the molecule is CCCN(CCCC(C#N)(c1ccc(F)cc1)C(C)C)C(C)c1ccccc1. The quantitative estimate of drug-likeness (QED) is 0.470. The number of hydrogen-bond acceptors (Lipinski definition) is 2. The van der Waals surface area contributed by atoms with Crippen LogP contribution in [-0.4, -0.2) is 18.0 Å². The fourth-order valence-electron chi connectivity index (χ4n) is 4.05. The Morgan fingerprint density at radius 2 is 1.64 bits per heavy atom. The minimum atomic E-state index is -0.582. The van der Waals surface area contributed by atoms with Gasteiger partial charge in [0.25, 0.3) is 0 Å². The first-order valence-electron chi connectivity index (χ1n) is 10.4. The minimum Gasteiger partial charge on any atom is -0.297 e. The Balaban J connectivity index is 2.13. The van der Waals surface area contributed by atoms with Crippen LogP contribution in [0.2, 0.25) is 0 Å². The van der Waals surface area contributed by atoms with Gasteiger partial charge in [-0.25, -0.2) is 4.39 Å². The summed E-state index contributed by atoms with van der Waals surface area (Å²) in [5, 5.41) is 10.1. The Labute approximate surface area is 170 Å². The molecule has 0 saturated heterocycles. The molecule has 2 aromatic rings. The van der Waals surface area contributed by atoms with E-state index >= 15 is 0 Å². The van der Waals surface area contributed by atoms with E-state index in [9.17, 15) is 9.65 Å². The summed E-state index contributed by atoms with van der Waals surface area (Å²) in [6.07, 6.45) is 2.80. The van der Waals surface area contributed by atoms with Crippen LogP contribution >= 0.6 is 0 Å². The van der Waals surface area contributed by atoms with Crippen molar-refractivity contribution in [1.82, 2.24) is 4.90 Å². The van der Waals surface area contributed by atoms with Gasteiger partial charge in [-0.05, 0) is 68.5 Å². The second-order valence-corrected chi connectivity index (χ2v) is 7.97. The maximum absolute atomic E-state index is 13.4. The summed E-state index contributed by atoms with van der Waals surface area (Å²) in [6.45, 7) is 10.6. The van der Waals surface area contributed by atoms with Gasteiger partial charge in [-0.3, -0.25) is 4.90 Å². The lowest BCUT2D eigenvalue weighted by molar-refractivity contribution is 0.198. The Morgan fingerprint density at radius 3 is 2.18 bits per heavy atom. The average Bonchev–Trinajstić information content (AvgIpc) is 2.71. The maximum atomic E-state index is 13.4. The summed E-state index contributed by atoms with van der Waals surface area (Å²) in [7, 11) is 0. The van der Waals surface area contributed by atoms with Crippen molar-refractivity contribution in [3.05, 3.63) is 71.5 Å². The zero-order chi connectivity index (χ0) is 20.6. The molecular formula is C25H33FN2. The topological polar surface area (TPSA) is 27.0 Å². The molecule has 0 saturated carbocycles. The second kappa shape index (κ2) is 10.4. The fourth-order valence-corrected chi connectivity index (χ4v) is 4.05. The first-order chi connectivity index (χ1) is 13.4. The number of hydrogen-bond donors (Lipinski definition) is 0. The molecule has 0 heterocycles.